The largest absolute Gasteiger partial charge is 0.259 e. The molecule has 0 amide bonds. The standard InChI is InChI=1S/C11H24OSSi/c1-14(2,3)10-9-13(12)11-7-5-4-6-8-11/h11H,4-10H2,1-3H3. The van der Waals surface area contributed by atoms with Crippen molar-refractivity contribution < 1.29 is 4.21 Å². The number of hydrogen-bond donors (Lipinski definition) is 0. The van der Waals surface area contributed by atoms with Crippen LogP contribution in [0.25, 0.3) is 0 Å². The summed E-state index contributed by atoms with van der Waals surface area (Å²) < 4.78 is 12.0. The van der Waals surface area contributed by atoms with E-state index >= 15 is 0 Å². The molecule has 3 heteroatoms. The third-order valence-electron chi connectivity index (χ3n) is 2.98. The number of rotatable bonds is 4. The van der Waals surface area contributed by atoms with Gasteiger partial charge in [0.05, 0.1) is 0 Å². The molecule has 0 aromatic carbocycles. The fourth-order valence-electron chi connectivity index (χ4n) is 1.90. The SMILES string of the molecule is C[Si](C)(C)CCS(=O)C1CCCCC1. The highest BCUT2D eigenvalue weighted by Gasteiger charge is 2.21. The van der Waals surface area contributed by atoms with Crippen molar-refractivity contribution >= 4 is 18.9 Å². The Morgan fingerprint density at radius 1 is 1.14 bits per heavy atom. The second kappa shape index (κ2) is 5.45. The van der Waals surface area contributed by atoms with Gasteiger partial charge in [-0.15, -0.1) is 0 Å². The van der Waals surface area contributed by atoms with Crippen molar-refractivity contribution in [3.05, 3.63) is 0 Å². The highest BCUT2D eigenvalue weighted by Crippen LogP contribution is 2.23. The van der Waals surface area contributed by atoms with E-state index in [9.17, 15) is 4.21 Å². The molecule has 1 aliphatic rings. The van der Waals surface area contributed by atoms with Gasteiger partial charge in [-0.3, -0.25) is 4.21 Å². The van der Waals surface area contributed by atoms with Crippen LogP contribution in [0.2, 0.25) is 25.7 Å². The van der Waals surface area contributed by atoms with E-state index in [1.165, 1.54) is 38.1 Å². The van der Waals surface area contributed by atoms with Crippen LogP contribution < -0.4 is 0 Å². The molecule has 1 fully saturated rings. The number of hydrogen-bond acceptors (Lipinski definition) is 1. The van der Waals surface area contributed by atoms with Crippen LogP contribution in [0.3, 0.4) is 0 Å². The lowest BCUT2D eigenvalue weighted by Gasteiger charge is -2.22. The summed E-state index contributed by atoms with van der Waals surface area (Å²) in [4.78, 5) is 0. The zero-order valence-corrected chi connectivity index (χ0v) is 11.7. The first-order valence-electron chi connectivity index (χ1n) is 5.86. The van der Waals surface area contributed by atoms with Gasteiger partial charge >= 0.3 is 0 Å². The van der Waals surface area contributed by atoms with E-state index in [-0.39, 0.29) is 0 Å². The first-order valence-corrected chi connectivity index (χ1v) is 11.0. The van der Waals surface area contributed by atoms with Gasteiger partial charge in [0.1, 0.15) is 0 Å². The lowest BCUT2D eigenvalue weighted by Crippen LogP contribution is -2.27. The second-order valence-corrected chi connectivity index (χ2v) is 13.1. The summed E-state index contributed by atoms with van der Waals surface area (Å²) in [6.07, 6.45) is 6.42. The molecule has 0 aromatic rings. The fraction of sp³-hybridized carbons (Fsp3) is 1.00. The summed E-state index contributed by atoms with van der Waals surface area (Å²) in [6, 6.07) is 1.23. The third-order valence-corrected chi connectivity index (χ3v) is 6.91. The molecular weight excluding hydrogens is 208 g/mol. The Morgan fingerprint density at radius 3 is 2.21 bits per heavy atom. The summed E-state index contributed by atoms with van der Waals surface area (Å²) in [5.41, 5.74) is 0. The predicted octanol–water partition coefficient (Wildman–Crippen LogP) is 3.41. The van der Waals surface area contributed by atoms with E-state index in [2.05, 4.69) is 19.6 Å². The summed E-state index contributed by atoms with van der Waals surface area (Å²) in [6.45, 7) is 7.10. The Labute approximate surface area is 92.1 Å². The highest BCUT2D eigenvalue weighted by molar-refractivity contribution is 7.85. The van der Waals surface area contributed by atoms with Gasteiger partial charge in [0.15, 0.2) is 0 Å². The van der Waals surface area contributed by atoms with E-state index in [0.29, 0.717) is 5.25 Å². The molecule has 0 N–H and O–H groups in total. The summed E-state index contributed by atoms with van der Waals surface area (Å²) >= 11 is 0. The van der Waals surface area contributed by atoms with Crippen LogP contribution in [0.4, 0.5) is 0 Å². The van der Waals surface area contributed by atoms with Crippen LogP contribution in [0.1, 0.15) is 32.1 Å². The molecule has 1 unspecified atom stereocenters. The minimum absolute atomic E-state index is 0.518. The van der Waals surface area contributed by atoms with Gasteiger partial charge in [0, 0.05) is 29.9 Å². The van der Waals surface area contributed by atoms with Crippen LogP contribution in [0.5, 0.6) is 0 Å². The normalized spacial score (nSPS) is 22.2. The van der Waals surface area contributed by atoms with E-state index in [0.717, 1.165) is 5.75 Å². The monoisotopic (exact) mass is 232 g/mol. The maximum Gasteiger partial charge on any atom is 0.0451 e. The lowest BCUT2D eigenvalue weighted by molar-refractivity contribution is 0.505. The first-order chi connectivity index (χ1) is 6.49. The predicted molar refractivity (Wildman–Crippen MR) is 68.0 cm³/mol. The van der Waals surface area contributed by atoms with E-state index in [1.54, 1.807) is 0 Å². The Morgan fingerprint density at radius 2 is 1.71 bits per heavy atom. The maximum atomic E-state index is 12.0. The quantitative estimate of drug-likeness (QED) is 0.679. The second-order valence-electron chi connectivity index (χ2n) is 5.66. The van der Waals surface area contributed by atoms with Gasteiger partial charge in [0.25, 0.3) is 0 Å². The van der Waals surface area contributed by atoms with Gasteiger partial charge in [-0.05, 0) is 18.9 Å². The van der Waals surface area contributed by atoms with Crippen molar-refractivity contribution in [2.45, 2.75) is 63.0 Å². The van der Waals surface area contributed by atoms with Crippen LogP contribution in [-0.2, 0) is 10.8 Å². The molecule has 0 spiro atoms. The molecule has 1 saturated carbocycles. The van der Waals surface area contributed by atoms with E-state index < -0.39 is 18.9 Å². The van der Waals surface area contributed by atoms with E-state index in [1.807, 2.05) is 0 Å². The molecule has 1 aliphatic carbocycles. The Bertz CT molecular complexity index is 192. The van der Waals surface area contributed by atoms with Gasteiger partial charge in [0.2, 0.25) is 0 Å². The molecule has 0 saturated heterocycles. The molecule has 0 bridgehead atoms. The average molecular weight is 232 g/mol. The van der Waals surface area contributed by atoms with Crippen molar-refractivity contribution in [1.29, 1.82) is 0 Å². The first kappa shape index (κ1) is 12.4. The van der Waals surface area contributed by atoms with Gasteiger partial charge < -0.3 is 0 Å². The molecule has 1 atom stereocenters. The average Bonchev–Trinajstić information content (AvgIpc) is 2.14. The van der Waals surface area contributed by atoms with Crippen LogP contribution in [-0.4, -0.2) is 23.3 Å². The highest BCUT2D eigenvalue weighted by atomic mass is 32.2. The topological polar surface area (TPSA) is 17.1 Å². The maximum absolute atomic E-state index is 12.0. The van der Waals surface area contributed by atoms with Gasteiger partial charge in [-0.1, -0.05) is 38.9 Å². The molecule has 0 heterocycles. The zero-order chi connectivity index (χ0) is 10.6. The molecule has 14 heavy (non-hydrogen) atoms. The fourth-order valence-corrected chi connectivity index (χ4v) is 6.35. The molecule has 1 nitrogen and oxygen atoms in total. The Balaban J connectivity index is 2.27. The van der Waals surface area contributed by atoms with Crippen LogP contribution >= 0.6 is 0 Å². The molecule has 0 radical (unpaired) electrons. The van der Waals surface area contributed by atoms with Crippen LogP contribution in [0, 0.1) is 0 Å². The summed E-state index contributed by atoms with van der Waals surface area (Å²) in [5, 5.41) is 0.542. The van der Waals surface area contributed by atoms with Crippen molar-refractivity contribution in [3.63, 3.8) is 0 Å². The van der Waals surface area contributed by atoms with Crippen molar-refractivity contribution in [3.8, 4) is 0 Å². The Hall–Kier alpha value is 0.367. The molecular formula is C11H24OSSi. The minimum atomic E-state index is -0.977. The minimum Gasteiger partial charge on any atom is -0.259 e. The smallest absolute Gasteiger partial charge is 0.0451 e. The van der Waals surface area contributed by atoms with Crippen LogP contribution in [0.15, 0.2) is 0 Å². The van der Waals surface area contributed by atoms with Gasteiger partial charge in [-0.25, -0.2) is 0 Å². The van der Waals surface area contributed by atoms with Crippen molar-refractivity contribution in [2.75, 3.05) is 5.75 Å². The molecule has 0 aliphatic heterocycles. The molecule has 84 valence electrons. The molecule has 0 aromatic heterocycles. The zero-order valence-electron chi connectivity index (χ0n) is 9.84. The van der Waals surface area contributed by atoms with E-state index in [4.69, 9.17) is 0 Å². The molecule has 1 rings (SSSR count). The summed E-state index contributed by atoms with van der Waals surface area (Å²) in [7, 11) is -1.49. The third kappa shape index (κ3) is 4.74. The Kier molecular flexibility index (Phi) is 4.84. The lowest BCUT2D eigenvalue weighted by atomic mass is 10.0. The summed E-state index contributed by atoms with van der Waals surface area (Å²) in [5.74, 6) is 0.973. The van der Waals surface area contributed by atoms with Gasteiger partial charge in [-0.2, -0.15) is 0 Å². The van der Waals surface area contributed by atoms with Crippen molar-refractivity contribution in [2.24, 2.45) is 0 Å². The van der Waals surface area contributed by atoms with Crippen molar-refractivity contribution in [1.82, 2.24) is 0 Å².